The number of hydrogen-bond donors (Lipinski definition) is 2. The van der Waals surface area contributed by atoms with Gasteiger partial charge in [0.15, 0.2) is 17.4 Å². The predicted octanol–water partition coefficient (Wildman–Crippen LogP) is 1.50. The molecule has 8 heteroatoms. The summed E-state index contributed by atoms with van der Waals surface area (Å²) < 4.78 is 7.42. The number of fused-ring (bicyclic) bond motifs is 1. The van der Waals surface area contributed by atoms with Gasteiger partial charge in [0, 0.05) is 38.2 Å². The molecule has 0 amide bonds. The largest absolute Gasteiger partial charge is 0.381 e. The van der Waals surface area contributed by atoms with E-state index in [1.165, 1.54) is 0 Å². The second kappa shape index (κ2) is 6.95. The molecule has 0 aromatic carbocycles. The van der Waals surface area contributed by atoms with E-state index < -0.39 is 0 Å². The highest BCUT2D eigenvalue weighted by Crippen LogP contribution is 2.21. The molecule has 3 N–H and O–H groups in total. The van der Waals surface area contributed by atoms with E-state index >= 15 is 0 Å². The molecule has 0 atom stereocenters. The minimum absolute atomic E-state index is 0.300. The van der Waals surface area contributed by atoms with Crippen molar-refractivity contribution in [1.29, 1.82) is 0 Å². The molecule has 2 aliphatic heterocycles. The Labute approximate surface area is 152 Å². The number of anilines is 1. The third kappa shape index (κ3) is 3.12. The molecule has 0 spiro atoms. The van der Waals surface area contributed by atoms with Gasteiger partial charge in [-0.15, -0.1) is 0 Å². The molecule has 26 heavy (non-hydrogen) atoms. The average molecular weight is 355 g/mol. The van der Waals surface area contributed by atoms with E-state index in [0.717, 1.165) is 50.0 Å². The average Bonchev–Trinajstić information content (AvgIpc) is 3.08. The van der Waals surface area contributed by atoms with Crippen molar-refractivity contribution in [1.82, 2.24) is 24.6 Å². The molecule has 1 saturated heterocycles. The van der Waals surface area contributed by atoms with Crippen LogP contribution in [0.3, 0.4) is 0 Å². The Kier molecular flexibility index (Phi) is 4.50. The van der Waals surface area contributed by atoms with Crippen molar-refractivity contribution in [2.24, 2.45) is 4.99 Å². The number of nitrogens with one attached hydrogen (secondary N) is 1. The van der Waals surface area contributed by atoms with Crippen LogP contribution >= 0.6 is 0 Å². The van der Waals surface area contributed by atoms with E-state index in [4.69, 9.17) is 15.5 Å². The summed E-state index contributed by atoms with van der Waals surface area (Å²) >= 11 is 0. The first-order chi connectivity index (χ1) is 12.6. The monoisotopic (exact) mass is 355 g/mol. The van der Waals surface area contributed by atoms with Crippen LogP contribution in [-0.2, 0) is 4.74 Å². The van der Waals surface area contributed by atoms with E-state index in [9.17, 15) is 0 Å². The maximum absolute atomic E-state index is 5.93. The number of ether oxygens (including phenoxy) is 1. The molecule has 2 aromatic heterocycles. The summed E-state index contributed by atoms with van der Waals surface area (Å²) in [6, 6.07) is 0.662. The van der Waals surface area contributed by atoms with Gasteiger partial charge in [-0.05, 0) is 32.8 Å². The van der Waals surface area contributed by atoms with Gasteiger partial charge in [0.05, 0.1) is 23.6 Å². The number of rotatable bonds is 3. The lowest BCUT2D eigenvalue weighted by Gasteiger charge is -2.35. The molecule has 0 radical (unpaired) electrons. The smallest absolute Gasteiger partial charge is 0.199 e. The van der Waals surface area contributed by atoms with Gasteiger partial charge in [-0.25, -0.2) is 15.0 Å². The fourth-order valence-corrected chi connectivity index (χ4v) is 3.38. The summed E-state index contributed by atoms with van der Waals surface area (Å²) in [5.74, 6) is 1.34. The Morgan fingerprint density at radius 2 is 2.12 bits per heavy atom. The van der Waals surface area contributed by atoms with Gasteiger partial charge in [0.2, 0.25) is 0 Å². The Hall–Kier alpha value is -2.61. The minimum Gasteiger partial charge on any atom is -0.381 e. The summed E-state index contributed by atoms with van der Waals surface area (Å²) in [5.41, 5.74) is 8.55. The second-order valence-corrected chi connectivity index (χ2v) is 6.93. The maximum Gasteiger partial charge on any atom is 0.199 e. The predicted molar refractivity (Wildman–Crippen MR) is 102 cm³/mol. The Morgan fingerprint density at radius 3 is 2.88 bits per heavy atom. The van der Waals surface area contributed by atoms with Crippen LogP contribution in [0, 0.1) is 0 Å². The van der Waals surface area contributed by atoms with Gasteiger partial charge in [-0.2, -0.15) is 0 Å². The van der Waals surface area contributed by atoms with Crippen LogP contribution in [0.2, 0.25) is 0 Å². The number of nitrogen functional groups attached to an aromatic ring is 1. The van der Waals surface area contributed by atoms with Gasteiger partial charge in [-0.3, -0.25) is 4.40 Å². The van der Waals surface area contributed by atoms with Crippen LogP contribution in [-0.4, -0.2) is 57.1 Å². The molecule has 0 unspecified atom stereocenters. The molecule has 1 fully saturated rings. The van der Waals surface area contributed by atoms with Crippen LogP contribution in [0.1, 0.15) is 32.4 Å². The molecule has 138 valence electrons. The third-order valence-electron chi connectivity index (χ3n) is 4.86. The number of aromatic nitrogens is 3. The number of nitrogens with zero attached hydrogens (tertiary/aromatic N) is 5. The first-order valence-electron chi connectivity index (χ1n) is 9.11. The fraction of sp³-hybridized carbons (Fsp3) is 0.500. The Bertz CT molecular complexity index is 848. The summed E-state index contributed by atoms with van der Waals surface area (Å²) in [6.45, 7) is 6.73. The molecular formula is C18H25N7O. The number of hydrogen-bond acceptors (Lipinski definition) is 5. The molecule has 8 nitrogen and oxygen atoms in total. The highest BCUT2D eigenvalue weighted by Gasteiger charge is 2.24. The van der Waals surface area contributed by atoms with Crippen LogP contribution < -0.4 is 11.1 Å². The van der Waals surface area contributed by atoms with Gasteiger partial charge in [0.1, 0.15) is 0 Å². The van der Waals surface area contributed by atoms with Crippen molar-refractivity contribution in [3.05, 3.63) is 30.4 Å². The number of nitrogens with two attached hydrogens (primary N) is 1. The van der Waals surface area contributed by atoms with Crippen LogP contribution in [0.25, 0.3) is 11.3 Å². The normalized spacial score (nSPS) is 20.7. The molecule has 0 aliphatic carbocycles. The first-order valence-corrected chi connectivity index (χ1v) is 9.11. The molecule has 2 aromatic rings. The molecule has 4 heterocycles. The van der Waals surface area contributed by atoms with E-state index in [0.29, 0.717) is 23.5 Å². The zero-order valence-corrected chi connectivity index (χ0v) is 15.2. The van der Waals surface area contributed by atoms with Crippen molar-refractivity contribution in [3.63, 3.8) is 0 Å². The molecule has 2 aliphatic rings. The molecule has 4 rings (SSSR count). The number of guanidine groups is 1. The highest BCUT2D eigenvalue weighted by atomic mass is 16.5. The van der Waals surface area contributed by atoms with Crippen molar-refractivity contribution >= 4 is 23.1 Å². The van der Waals surface area contributed by atoms with Crippen molar-refractivity contribution in [2.75, 3.05) is 25.5 Å². The maximum atomic E-state index is 5.93. The van der Waals surface area contributed by atoms with E-state index in [2.05, 4.69) is 40.1 Å². The van der Waals surface area contributed by atoms with Gasteiger partial charge in [-0.1, -0.05) is 0 Å². The number of imidazole rings is 1. The van der Waals surface area contributed by atoms with E-state index in [-0.39, 0.29) is 0 Å². The second-order valence-electron chi connectivity index (χ2n) is 6.93. The zero-order chi connectivity index (χ0) is 18.1. The summed E-state index contributed by atoms with van der Waals surface area (Å²) in [5, 5.41) is 3.52. The van der Waals surface area contributed by atoms with E-state index in [1.807, 2.05) is 16.8 Å². The first kappa shape index (κ1) is 16.8. The van der Waals surface area contributed by atoms with Crippen LogP contribution in [0.15, 0.2) is 29.7 Å². The van der Waals surface area contributed by atoms with Crippen LogP contribution in [0.5, 0.6) is 0 Å². The highest BCUT2D eigenvalue weighted by molar-refractivity contribution is 5.91. The fourth-order valence-electron chi connectivity index (χ4n) is 3.38. The molecular weight excluding hydrogens is 330 g/mol. The zero-order valence-electron chi connectivity index (χ0n) is 15.2. The molecule has 0 bridgehead atoms. The lowest BCUT2D eigenvalue weighted by molar-refractivity contribution is 0.0867. The summed E-state index contributed by atoms with van der Waals surface area (Å²) in [4.78, 5) is 15.8. The van der Waals surface area contributed by atoms with Gasteiger partial charge < -0.3 is 20.7 Å². The Morgan fingerprint density at radius 1 is 1.31 bits per heavy atom. The van der Waals surface area contributed by atoms with Gasteiger partial charge >= 0.3 is 0 Å². The van der Waals surface area contributed by atoms with E-state index in [1.54, 1.807) is 6.20 Å². The van der Waals surface area contributed by atoms with Crippen molar-refractivity contribution in [3.8, 4) is 0 Å². The SMILES string of the molecule is CC(C)N1CC=C(c2cnc3c(N)nccn23)NC1=NC1CCOCC1. The summed E-state index contributed by atoms with van der Waals surface area (Å²) in [7, 11) is 0. The van der Waals surface area contributed by atoms with Gasteiger partial charge in [0.25, 0.3) is 0 Å². The third-order valence-corrected chi connectivity index (χ3v) is 4.86. The lowest BCUT2D eigenvalue weighted by Crippen LogP contribution is -2.48. The van der Waals surface area contributed by atoms with Crippen LogP contribution in [0.4, 0.5) is 5.82 Å². The van der Waals surface area contributed by atoms with Crippen molar-refractivity contribution in [2.45, 2.75) is 38.8 Å². The standard InChI is InChI=1S/C18H25N7O/c1-12(2)24-7-3-14(23-18(24)22-13-4-9-26-10-5-13)15-11-21-17-16(19)20-6-8-25(15)17/h3,6,8,11-13H,4-5,7,9-10H2,1-2H3,(H2,19,20)(H,22,23). The minimum atomic E-state index is 0.300. The van der Waals surface area contributed by atoms with Crippen molar-refractivity contribution < 1.29 is 4.74 Å². The number of aliphatic imine (C=N–C) groups is 1. The molecule has 0 saturated carbocycles. The quantitative estimate of drug-likeness (QED) is 0.867. The topological polar surface area (TPSA) is 93.1 Å². The lowest BCUT2D eigenvalue weighted by atomic mass is 10.1. The Balaban J connectivity index is 1.67. The summed E-state index contributed by atoms with van der Waals surface area (Å²) in [6.07, 6.45) is 9.49.